The summed E-state index contributed by atoms with van der Waals surface area (Å²) in [6.45, 7) is 3.81. The molecule has 5 nitrogen and oxygen atoms in total. The molecule has 1 aliphatic heterocycles. The summed E-state index contributed by atoms with van der Waals surface area (Å²) in [6, 6.07) is 7.48. The second-order valence-corrected chi connectivity index (χ2v) is 4.97. The summed E-state index contributed by atoms with van der Waals surface area (Å²) < 4.78 is 1.41. The van der Waals surface area contributed by atoms with Crippen molar-refractivity contribution in [3.63, 3.8) is 0 Å². The number of aromatic nitrogens is 3. The number of amides is 1. The van der Waals surface area contributed by atoms with Gasteiger partial charge in [0.15, 0.2) is 0 Å². The normalized spacial score (nSPS) is 20.3. The first-order valence-corrected chi connectivity index (χ1v) is 6.35. The van der Waals surface area contributed by atoms with Crippen molar-refractivity contribution >= 4 is 17.1 Å². The van der Waals surface area contributed by atoms with Gasteiger partial charge in [-0.15, -0.1) is 5.10 Å². The van der Waals surface area contributed by atoms with Crippen molar-refractivity contribution in [1.29, 1.82) is 0 Å². The first-order valence-electron chi connectivity index (χ1n) is 6.35. The van der Waals surface area contributed by atoms with E-state index in [1.54, 1.807) is 0 Å². The standard InChI is InChI=1S/C13H16N4O/c1-10-5-4-8-16(9-10)13(18)17-12-7-3-2-6-11(12)14-15-17/h2-3,6-7,10H,4-5,8-9H2,1H3. The van der Waals surface area contributed by atoms with Crippen molar-refractivity contribution in [1.82, 2.24) is 19.9 Å². The van der Waals surface area contributed by atoms with Gasteiger partial charge in [-0.1, -0.05) is 24.3 Å². The predicted octanol–water partition coefficient (Wildman–Crippen LogP) is 2.13. The maximum atomic E-state index is 12.4. The second-order valence-electron chi connectivity index (χ2n) is 4.97. The maximum absolute atomic E-state index is 12.4. The molecule has 1 aromatic carbocycles. The van der Waals surface area contributed by atoms with Gasteiger partial charge in [-0.2, -0.15) is 4.68 Å². The summed E-state index contributed by atoms with van der Waals surface area (Å²) in [5, 5.41) is 7.99. The van der Waals surface area contributed by atoms with Crippen molar-refractivity contribution in [2.75, 3.05) is 13.1 Å². The van der Waals surface area contributed by atoms with Crippen LogP contribution in [0.4, 0.5) is 4.79 Å². The smallest absolute Gasteiger partial charge is 0.323 e. The molecule has 1 aromatic heterocycles. The van der Waals surface area contributed by atoms with E-state index in [1.807, 2.05) is 29.2 Å². The van der Waals surface area contributed by atoms with Crippen LogP contribution < -0.4 is 0 Å². The minimum atomic E-state index is -0.0600. The van der Waals surface area contributed by atoms with Crippen LogP contribution in [0.25, 0.3) is 11.0 Å². The quantitative estimate of drug-likeness (QED) is 0.713. The van der Waals surface area contributed by atoms with Crippen molar-refractivity contribution in [2.24, 2.45) is 5.92 Å². The van der Waals surface area contributed by atoms with E-state index in [-0.39, 0.29) is 6.03 Å². The molecule has 3 rings (SSSR count). The third-order valence-corrected chi connectivity index (χ3v) is 3.46. The monoisotopic (exact) mass is 244 g/mol. The highest BCUT2D eigenvalue weighted by molar-refractivity contribution is 5.87. The Bertz CT molecular complexity index is 577. The summed E-state index contributed by atoms with van der Waals surface area (Å²) >= 11 is 0. The van der Waals surface area contributed by atoms with Crippen molar-refractivity contribution in [3.05, 3.63) is 24.3 Å². The van der Waals surface area contributed by atoms with Gasteiger partial charge in [-0.25, -0.2) is 4.79 Å². The number of piperidine rings is 1. The van der Waals surface area contributed by atoms with Crippen molar-refractivity contribution < 1.29 is 4.79 Å². The fourth-order valence-corrected chi connectivity index (χ4v) is 2.51. The summed E-state index contributed by atoms with van der Waals surface area (Å²) in [5.41, 5.74) is 1.54. The Hall–Kier alpha value is -1.91. The Morgan fingerprint density at radius 3 is 3.06 bits per heavy atom. The van der Waals surface area contributed by atoms with Crippen LogP contribution in [-0.2, 0) is 0 Å². The fraction of sp³-hybridized carbons (Fsp3) is 0.462. The van der Waals surface area contributed by atoms with Gasteiger partial charge in [0, 0.05) is 13.1 Å². The molecule has 0 aliphatic carbocycles. The lowest BCUT2D eigenvalue weighted by atomic mass is 10.0. The molecule has 1 fully saturated rings. The van der Waals surface area contributed by atoms with E-state index >= 15 is 0 Å². The third-order valence-electron chi connectivity index (χ3n) is 3.46. The van der Waals surface area contributed by atoms with Crippen LogP contribution in [0.1, 0.15) is 19.8 Å². The third kappa shape index (κ3) is 1.85. The van der Waals surface area contributed by atoms with Gasteiger partial charge in [0.2, 0.25) is 0 Å². The zero-order valence-electron chi connectivity index (χ0n) is 10.4. The lowest BCUT2D eigenvalue weighted by Gasteiger charge is -2.30. The van der Waals surface area contributed by atoms with E-state index in [2.05, 4.69) is 17.2 Å². The number of likely N-dealkylation sites (tertiary alicyclic amines) is 1. The van der Waals surface area contributed by atoms with E-state index in [0.717, 1.165) is 30.5 Å². The van der Waals surface area contributed by atoms with Gasteiger partial charge in [0.1, 0.15) is 5.52 Å². The van der Waals surface area contributed by atoms with Crippen LogP contribution >= 0.6 is 0 Å². The zero-order chi connectivity index (χ0) is 12.5. The summed E-state index contributed by atoms with van der Waals surface area (Å²) in [7, 11) is 0. The first kappa shape index (κ1) is 11.2. The number of carbonyl (C=O) groups excluding carboxylic acids is 1. The Morgan fingerprint density at radius 1 is 1.39 bits per heavy atom. The van der Waals surface area contributed by atoms with Gasteiger partial charge in [0.25, 0.3) is 0 Å². The van der Waals surface area contributed by atoms with E-state index in [9.17, 15) is 4.79 Å². The predicted molar refractivity (Wildman–Crippen MR) is 68.3 cm³/mol. The molecule has 94 valence electrons. The fourth-order valence-electron chi connectivity index (χ4n) is 2.51. The molecule has 18 heavy (non-hydrogen) atoms. The molecular formula is C13H16N4O. The van der Waals surface area contributed by atoms with Gasteiger partial charge < -0.3 is 4.90 Å². The molecule has 0 saturated carbocycles. The highest BCUT2D eigenvalue weighted by Gasteiger charge is 2.23. The van der Waals surface area contributed by atoms with Crippen LogP contribution in [0.5, 0.6) is 0 Å². The number of para-hydroxylation sites is 1. The summed E-state index contributed by atoms with van der Waals surface area (Å²) in [5.74, 6) is 0.567. The van der Waals surface area contributed by atoms with E-state index in [0.29, 0.717) is 5.92 Å². The largest absolute Gasteiger partial charge is 0.346 e. The number of hydrogen-bond donors (Lipinski definition) is 0. The summed E-state index contributed by atoms with van der Waals surface area (Å²) in [6.07, 6.45) is 2.27. The number of benzene rings is 1. The Kier molecular flexibility index (Phi) is 2.74. The lowest BCUT2D eigenvalue weighted by Crippen LogP contribution is -2.41. The molecule has 1 unspecified atom stereocenters. The SMILES string of the molecule is CC1CCCN(C(=O)n2nnc3ccccc32)C1. The topological polar surface area (TPSA) is 51.0 Å². The maximum Gasteiger partial charge on any atom is 0.346 e. The second kappa shape index (κ2) is 4.40. The van der Waals surface area contributed by atoms with Crippen LogP contribution in [0.3, 0.4) is 0 Å². The van der Waals surface area contributed by atoms with Gasteiger partial charge in [0.05, 0.1) is 5.52 Å². The van der Waals surface area contributed by atoms with Crippen LogP contribution in [0.2, 0.25) is 0 Å². The average Bonchev–Trinajstić information content (AvgIpc) is 2.82. The van der Waals surface area contributed by atoms with Crippen LogP contribution in [0, 0.1) is 5.92 Å². The zero-order valence-corrected chi connectivity index (χ0v) is 10.4. The van der Waals surface area contributed by atoms with Gasteiger partial charge >= 0.3 is 6.03 Å². The molecule has 0 radical (unpaired) electrons. The number of nitrogens with zero attached hydrogens (tertiary/aromatic N) is 4. The number of hydrogen-bond acceptors (Lipinski definition) is 3. The molecule has 5 heteroatoms. The molecular weight excluding hydrogens is 228 g/mol. The molecule has 1 aliphatic rings. The Morgan fingerprint density at radius 2 is 2.22 bits per heavy atom. The molecule has 1 saturated heterocycles. The average molecular weight is 244 g/mol. The number of carbonyl (C=O) groups is 1. The Labute approximate surface area is 105 Å². The molecule has 0 spiro atoms. The van der Waals surface area contributed by atoms with Gasteiger partial charge in [-0.05, 0) is 30.9 Å². The molecule has 0 bridgehead atoms. The summed E-state index contributed by atoms with van der Waals surface area (Å²) in [4.78, 5) is 14.3. The molecule has 2 aromatic rings. The number of fused-ring (bicyclic) bond motifs is 1. The van der Waals surface area contributed by atoms with Gasteiger partial charge in [-0.3, -0.25) is 0 Å². The van der Waals surface area contributed by atoms with E-state index < -0.39 is 0 Å². The minimum Gasteiger partial charge on any atom is -0.323 e. The highest BCUT2D eigenvalue weighted by atomic mass is 16.2. The molecule has 1 amide bonds. The molecule has 1 atom stereocenters. The van der Waals surface area contributed by atoms with Crippen molar-refractivity contribution in [2.45, 2.75) is 19.8 Å². The van der Waals surface area contributed by atoms with Crippen molar-refractivity contribution in [3.8, 4) is 0 Å². The highest BCUT2D eigenvalue weighted by Crippen LogP contribution is 2.18. The minimum absolute atomic E-state index is 0.0600. The Balaban J connectivity index is 1.92. The molecule has 0 N–H and O–H groups in total. The van der Waals surface area contributed by atoms with Crippen LogP contribution in [0.15, 0.2) is 24.3 Å². The first-order chi connectivity index (χ1) is 8.75. The number of rotatable bonds is 0. The van der Waals surface area contributed by atoms with E-state index in [1.165, 1.54) is 11.1 Å². The molecule has 2 heterocycles. The van der Waals surface area contributed by atoms with Crippen LogP contribution in [-0.4, -0.2) is 39.0 Å². The lowest BCUT2D eigenvalue weighted by molar-refractivity contribution is 0.169. The van der Waals surface area contributed by atoms with E-state index in [4.69, 9.17) is 0 Å².